The highest BCUT2D eigenvalue weighted by molar-refractivity contribution is 5.74. The topological polar surface area (TPSA) is 74.6 Å². The van der Waals surface area contributed by atoms with Crippen molar-refractivity contribution in [3.8, 4) is 0 Å². The number of hydrogen-bond donors (Lipinski definition) is 2. The van der Waals surface area contributed by atoms with Crippen LogP contribution in [0.15, 0.2) is 0 Å². The Bertz CT molecular complexity index is 388. The first-order valence-corrected chi connectivity index (χ1v) is 11.9. The lowest BCUT2D eigenvalue weighted by Gasteiger charge is -2.26. The molecule has 0 aliphatic rings. The van der Waals surface area contributed by atoms with Gasteiger partial charge in [-0.1, -0.05) is 104 Å². The molecule has 4 heteroatoms. The number of unbranched alkanes of at least 4 members (excludes halogenated alkanes) is 14. The van der Waals surface area contributed by atoms with Crippen LogP contribution in [0.5, 0.6) is 0 Å². The van der Waals surface area contributed by atoms with E-state index >= 15 is 0 Å². The number of aliphatic carboxylic acids is 2. The second kappa shape index (κ2) is 18.0. The summed E-state index contributed by atoms with van der Waals surface area (Å²) < 4.78 is 0. The second-order valence-corrected chi connectivity index (χ2v) is 8.49. The number of carboxylic acid groups (broad SMARTS) is 2. The minimum absolute atomic E-state index is 0.320. The highest BCUT2D eigenvalue weighted by Gasteiger charge is 2.33. The predicted molar refractivity (Wildman–Crippen MR) is 117 cm³/mol. The van der Waals surface area contributed by atoms with Crippen molar-refractivity contribution >= 4 is 11.9 Å². The molecule has 0 saturated heterocycles. The number of hydrogen-bond acceptors (Lipinski definition) is 2. The maximum Gasteiger partial charge on any atom is 0.309 e. The summed E-state index contributed by atoms with van der Waals surface area (Å²) in [6, 6.07) is 0. The zero-order chi connectivity index (χ0) is 21.1. The molecule has 0 aromatic heterocycles. The van der Waals surface area contributed by atoms with Crippen LogP contribution in [0.3, 0.4) is 0 Å². The van der Waals surface area contributed by atoms with Crippen LogP contribution >= 0.6 is 0 Å². The van der Waals surface area contributed by atoms with Gasteiger partial charge >= 0.3 is 11.9 Å². The van der Waals surface area contributed by atoms with Gasteiger partial charge in [0.1, 0.15) is 0 Å². The highest BCUT2D eigenvalue weighted by atomic mass is 16.4. The molecule has 0 saturated carbocycles. The quantitative estimate of drug-likeness (QED) is 0.195. The minimum atomic E-state index is -0.673. The monoisotopic (exact) mass is 398 g/mol. The van der Waals surface area contributed by atoms with E-state index < -0.39 is 17.4 Å². The van der Waals surface area contributed by atoms with Crippen molar-refractivity contribution in [1.82, 2.24) is 0 Å². The molecule has 0 bridgehead atoms. The standard InChI is InChI=1S/C24H46O4/c1-3-24(4-2,23(27)28)21-19-17-15-13-11-9-7-5-6-8-10-12-14-16-18-20-22(25)26/h3-21H2,1-2H3,(H,25,26)(H,27,28). The van der Waals surface area contributed by atoms with E-state index in [-0.39, 0.29) is 0 Å². The van der Waals surface area contributed by atoms with Gasteiger partial charge in [0.05, 0.1) is 5.41 Å². The van der Waals surface area contributed by atoms with Gasteiger partial charge in [-0.3, -0.25) is 9.59 Å². The average molecular weight is 399 g/mol. The van der Waals surface area contributed by atoms with Gasteiger partial charge in [-0.2, -0.15) is 0 Å². The van der Waals surface area contributed by atoms with E-state index in [0.29, 0.717) is 6.42 Å². The molecular weight excluding hydrogens is 352 g/mol. The summed E-state index contributed by atoms with van der Waals surface area (Å²) in [5.74, 6) is -1.29. The maximum atomic E-state index is 11.5. The average Bonchev–Trinajstić information content (AvgIpc) is 2.67. The molecule has 0 aromatic rings. The van der Waals surface area contributed by atoms with Gasteiger partial charge in [0.15, 0.2) is 0 Å². The second-order valence-electron chi connectivity index (χ2n) is 8.49. The van der Waals surface area contributed by atoms with Crippen LogP contribution in [-0.4, -0.2) is 22.2 Å². The van der Waals surface area contributed by atoms with E-state index in [9.17, 15) is 14.7 Å². The van der Waals surface area contributed by atoms with Crippen LogP contribution in [0.2, 0.25) is 0 Å². The smallest absolute Gasteiger partial charge is 0.309 e. The minimum Gasteiger partial charge on any atom is -0.481 e. The van der Waals surface area contributed by atoms with Crippen LogP contribution in [0.1, 0.15) is 136 Å². The van der Waals surface area contributed by atoms with Crippen molar-refractivity contribution in [2.75, 3.05) is 0 Å². The Morgan fingerprint density at radius 3 is 1.18 bits per heavy atom. The molecule has 0 aliphatic carbocycles. The molecule has 0 aromatic carbocycles. The van der Waals surface area contributed by atoms with E-state index in [2.05, 4.69) is 0 Å². The van der Waals surface area contributed by atoms with E-state index in [1.54, 1.807) is 0 Å². The molecule has 2 N–H and O–H groups in total. The van der Waals surface area contributed by atoms with Crippen LogP contribution in [-0.2, 0) is 9.59 Å². The molecule has 28 heavy (non-hydrogen) atoms. The first kappa shape index (κ1) is 26.9. The largest absolute Gasteiger partial charge is 0.481 e. The summed E-state index contributed by atoms with van der Waals surface area (Å²) >= 11 is 0. The van der Waals surface area contributed by atoms with Crippen LogP contribution in [0.4, 0.5) is 0 Å². The van der Waals surface area contributed by atoms with E-state index in [1.165, 1.54) is 77.0 Å². The molecule has 0 atom stereocenters. The van der Waals surface area contributed by atoms with Crippen molar-refractivity contribution < 1.29 is 19.8 Å². The lowest BCUT2D eigenvalue weighted by atomic mass is 9.78. The van der Waals surface area contributed by atoms with Crippen molar-refractivity contribution in [3.63, 3.8) is 0 Å². The Morgan fingerprint density at radius 2 is 0.893 bits per heavy atom. The Kier molecular flexibility index (Phi) is 17.3. The number of carboxylic acids is 2. The third kappa shape index (κ3) is 14.0. The molecule has 0 heterocycles. The Morgan fingerprint density at radius 1 is 0.571 bits per heavy atom. The summed E-state index contributed by atoms with van der Waals surface area (Å²) in [7, 11) is 0. The highest BCUT2D eigenvalue weighted by Crippen LogP contribution is 2.33. The molecule has 0 fully saturated rings. The zero-order valence-corrected chi connectivity index (χ0v) is 18.6. The lowest BCUT2D eigenvalue weighted by molar-refractivity contribution is -0.150. The molecular formula is C24H46O4. The predicted octanol–water partition coefficient (Wildman–Crippen LogP) is 7.59. The van der Waals surface area contributed by atoms with Crippen molar-refractivity contribution in [2.45, 2.75) is 136 Å². The van der Waals surface area contributed by atoms with E-state index in [1.807, 2.05) is 13.8 Å². The maximum absolute atomic E-state index is 11.5. The number of carbonyl (C=O) groups is 2. The van der Waals surface area contributed by atoms with Gasteiger partial charge in [-0.15, -0.1) is 0 Å². The Balaban J connectivity index is 3.32. The molecule has 4 nitrogen and oxygen atoms in total. The fraction of sp³-hybridized carbons (Fsp3) is 0.917. The van der Waals surface area contributed by atoms with E-state index in [0.717, 1.165) is 38.5 Å². The fourth-order valence-corrected chi connectivity index (χ4v) is 4.05. The zero-order valence-electron chi connectivity index (χ0n) is 18.6. The third-order valence-corrected chi connectivity index (χ3v) is 6.35. The first-order chi connectivity index (χ1) is 13.5. The molecule has 0 amide bonds. The number of rotatable bonds is 21. The lowest BCUT2D eigenvalue weighted by Crippen LogP contribution is -2.29. The first-order valence-electron chi connectivity index (χ1n) is 11.9. The summed E-state index contributed by atoms with van der Waals surface area (Å²) in [5, 5.41) is 18.0. The summed E-state index contributed by atoms with van der Waals surface area (Å²) in [5.41, 5.74) is -0.488. The van der Waals surface area contributed by atoms with Crippen molar-refractivity contribution in [2.24, 2.45) is 5.41 Å². The molecule has 0 aliphatic heterocycles. The summed E-state index contributed by atoms with van der Waals surface area (Å²) in [6.07, 6.45) is 20.9. The van der Waals surface area contributed by atoms with Crippen molar-refractivity contribution in [1.29, 1.82) is 0 Å². The molecule has 0 unspecified atom stereocenters. The molecule has 0 rings (SSSR count). The van der Waals surface area contributed by atoms with Crippen LogP contribution in [0.25, 0.3) is 0 Å². The normalized spacial score (nSPS) is 11.6. The summed E-state index contributed by atoms with van der Waals surface area (Å²) in [4.78, 5) is 21.9. The van der Waals surface area contributed by atoms with Gasteiger partial charge in [-0.25, -0.2) is 0 Å². The van der Waals surface area contributed by atoms with Crippen LogP contribution < -0.4 is 0 Å². The third-order valence-electron chi connectivity index (χ3n) is 6.35. The Labute approximate surface area is 173 Å². The summed E-state index contributed by atoms with van der Waals surface area (Å²) in [6.45, 7) is 4.00. The van der Waals surface area contributed by atoms with Gasteiger partial charge in [0, 0.05) is 6.42 Å². The Hall–Kier alpha value is -1.06. The van der Waals surface area contributed by atoms with E-state index in [4.69, 9.17) is 5.11 Å². The molecule has 0 radical (unpaired) electrons. The van der Waals surface area contributed by atoms with Gasteiger partial charge < -0.3 is 10.2 Å². The SMILES string of the molecule is CCC(CC)(CCCCCCCCCCCCCCCCCC(=O)O)C(=O)O. The molecule has 0 spiro atoms. The van der Waals surface area contributed by atoms with Crippen molar-refractivity contribution in [3.05, 3.63) is 0 Å². The van der Waals surface area contributed by atoms with Gasteiger partial charge in [-0.05, 0) is 25.7 Å². The van der Waals surface area contributed by atoms with Gasteiger partial charge in [0.25, 0.3) is 0 Å². The fourth-order valence-electron chi connectivity index (χ4n) is 4.05. The van der Waals surface area contributed by atoms with Crippen LogP contribution in [0, 0.1) is 5.41 Å². The molecule has 166 valence electrons. The van der Waals surface area contributed by atoms with Gasteiger partial charge in [0.2, 0.25) is 0 Å².